The van der Waals surface area contributed by atoms with Crippen LogP contribution in [0.4, 0.5) is 0 Å². The molecule has 3 N–H and O–H groups in total. The Hall–Kier alpha value is -1.50. The molecular formula is C10H16N4O2S. The summed E-state index contributed by atoms with van der Waals surface area (Å²) >= 11 is 4.91. The lowest BCUT2D eigenvalue weighted by atomic mass is 9.86. The summed E-state index contributed by atoms with van der Waals surface area (Å²) in [5, 5.41) is 6.31. The number of nitrogens with zero attached hydrogens (tertiary/aromatic N) is 2. The van der Waals surface area contributed by atoms with E-state index >= 15 is 0 Å². The fourth-order valence-electron chi connectivity index (χ4n) is 1.21. The third kappa shape index (κ3) is 3.00. The van der Waals surface area contributed by atoms with E-state index in [1.807, 2.05) is 6.92 Å². The number of hydrogen-bond acceptors (Lipinski definition) is 5. The smallest absolute Gasteiger partial charge is 0.246 e. The Morgan fingerprint density at radius 3 is 2.71 bits per heavy atom. The summed E-state index contributed by atoms with van der Waals surface area (Å²) in [5.41, 5.74) is 4.73. The number of thiocarbonyl (C=S) groups is 1. The summed E-state index contributed by atoms with van der Waals surface area (Å²) in [6.07, 6.45) is 0.539. The zero-order chi connectivity index (χ0) is 13.1. The molecular weight excluding hydrogens is 240 g/mol. The Morgan fingerprint density at radius 1 is 1.65 bits per heavy atom. The Morgan fingerprint density at radius 2 is 2.29 bits per heavy atom. The van der Waals surface area contributed by atoms with Crippen LogP contribution in [0.5, 0.6) is 0 Å². The molecule has 1 atom stereocenters. The number of nitrogens with one attached hydrogen (secondary N) is 1. The summed E-state index contributed by atoms with van der Waals surface area (Å²) in [5.74, 6) is 0.655. The van der Waals surface area contributed by atoms with Gasteiger partial charge >= 0.3 is 0 Å². The first-order valence-electron chi connectivity index (χ1n) is 5.27. The van der Waals surface area contributed by atoms with Crippen LogP contribution in [0.15, 0.2) is 4.52 Å². The Balaban J connectivity index is 2.63. The Kier molecular flexibility index (Phi) is 4.17. The average Bonchev–Trinajstić information content (AvgIpc) is 2.70. The minimum Gasteiger partial charge on any atom is -0.392 e. The number of aryl methyl sites for hydroxylation is 1. The molecule has 0 aliphatic rings. The van der Waals surface area contributed by atoms with Gasteiger partial charge in [0, 0.05) is 0 Å². The molecule has 0 fully saturated rings. The maximum absolute atomic E-state index is 11.9. The van der Waals surface area contributed by atoms with E-state index in [-0.39, 0.29) is 17.4 Å². The van der Waals surface area contributed by atoms with Crippen molar-refractivity contribution in [3.05, 3.63) is 11.7 Å². The van der Waals surface area contributed by atoms with Crippen LogP contribution in [-0.4, -0.2) is 21.0 Å². The quantitative estimate of drug-likeness (QED) is 0.753. The molecule has 0 spiro atoms. The van der Waals surface area contributed by atoms with Crippen molar-refractivity contribution in [1.82, 2.24) is 15.5 Å². The highest BCUT2D eigenvalue weighted by Crippen LogP contribution is 2.21. The van der Waals surface area contributed by atoms with Gasteiger partial charge in [-0.2, -0.15) is 4.98 Å². The Labute approximate surface area is 105 Å². The number of carbonyl (C=O) groups is 1. The first kappa shape index (κ1) is 13.6. The number of aromatic nitrogens is 2. The second kappa shape index (κ2) is 5.22. The normalized spacial score (nSPS) is 14.1. The monoisotopic (exact) mass is 256 g/mol. The van der Waals surface area contributed by atoms with Crippen molar-refractivity contribution in [2.75, 3.05) is 0 Å². The lowest BCUT2D eigenvalue weighted by Crippen LogP contribution is -2.46. The van der Waals surface area contributed by atoms with Gasteiger partial charge in [-0.1, -0.05) is 24.3 Å². The maximum atomic E-state index is 11.9. The minimum absolute atomic E-state index is 0.178. The van der Waals surface area contributed by atoms with Gasteiger partial charge in [0.05, 0.1) is 16.9 Å². The molecule has 0 radical (unpaired) electrons. The van der Waals surface area contributed by atoms with Crippen molar-refractivity contribution in [2.45, 2.75) is 33.7 Å². The van der Waals surface area contributed by atoms with Crippen LogP contribution in [0.25, 0.3) is 0 Å². The van der Waals surface area contributed by atoms with Crippen LogP contribution in [0.1, 0.15) is 32.0 Å². The third-order valence-corrected chi connectivity index (χ3v) is 3.17. The lowest BCUT2D eigenvalue weighted by Gasteiger charge is -2.24. The van der Waals surface area contributed by atoms with E-state index in [1.165, 1.54) is 0 Å². The molecule has 1 rings (SSSR count). The molecule has 1 aromatic rings. The van der Waals surface area contributed by atoms with E-state index < -0.39 is 5.41 Å². The molecule has 0 aliphatic carbocycles. The summed E-state index contributed by atoms with van der Waals surface area (Å²) in [6, 6.07) is 0. The van der Waals surface area contributed by atoms with E-state index in [0.29, 0.717) is 18.1 Å². The minimum atomic E-state index is -0.843. The summed E-state index contributed by atoms with van der Waals surface area (Å²) in [4.78, 5) is 16.1. The molecule has 17 heavy (non-hydrogen) atoms. The van der Waals surface area contributed by atoms with E-state index in [2.05, 4.69) is 15.5 Å². The summed E-state index contributed by atoms with van der Waals surface area (Å²) in [6.45, 7) is 5.46. The van der Waals surface area contributed by atoms with Gasteiger partial charge in [0.1, 0.15) is 0 Å². The van der Waals surface area contributed by atoms with Gasteiger partial charge < -0.3 is 15.6 Å². The van der Waals surface area contributed by atoms with E-state index in [9.17, 15) is 4.79 Å². The predicted octanol–water partition coefficient (Wildman–Crippen LogP) is 0.697. The molecule has 0 bridgehead atoms. The fraction of sp³-hybridized carbons (Fsp3) is 0.600. The molecule has 0 saturated heterocycles. The highest BCUT2D eigenvalue weighted by Gasteiger charge is 2.34. The first-order chi connectivity index (χ1) is 7.90. The summed E-state index contributed by atoms with van der Waals surface area (Å²) in [7, 11) is 0. The molecule has 94 valence electrons. The number of hydrogen-bond donors (Lipinski definition) is 2. The van der Waals surface area contributed by atoms with E-state index in [0.717, 1.165) is 0 Å². The van der Waals surface area contributed by atoms with Gasteiger partial charge in [0.25, 0.3) is 0 Å². The van der Waals surface area contributed by atoms with Gasteiger partial charge in [-0.05, 0) is 20.3 Å². The molecule has 6 nitrogen and oxygen atoms in total. The Bertz CT molecular complexity index is 432. The van der Waals surface area contributed by atoms with Crippen LogP contribution < -0.4 is 11.1 Å². The second-order valence-corrected chi connectivity index (χ2v) is 4.41. The van der Waals surface area contributed by atoms with Crippen LogP contribution in [-0.2, 0) is 11.3 Å². The zero-order valence-corrected chi connectivity index (χ0v) is 10.9. The van der Waals surface area contributed by atoms with Crippen LogP contribution in [0.3, 0.4) is 0 Å². The highest BCUT2D eigenvalue weighted by atomic mass is 32.1. The van der Waals surface area contributed by atoms with Gasteiger partial charge in [0.2, 0.25) is 11.8 Å². The largest absolute Gasteiger partial charge is 0.392 e. The number of nitrogens with two attached hydrogens (primary N) is 1. The van der Waals surface area contributed by atoms with Crippen LogP contribution >= 0.6 is 12.2 Å². The topological polar surface area (TPSA) is 94.0 Å². The molecule has 1 amide bonds. The molecule has 0 aromatic carbocycles. The lowest BCUT2D eigenvalue weighted by molar-refractivity contribution is -0.127. The van der Waals surface area contributed by atoms with Crippen LogP contribution in [0.2, 0.25) is 0 Å². The SMILES string of the molecule is CCC(C)(C(=O)NCc1nc(C)no1)C(N)=S. The van der Waals surface area contributed by atoms with Crippen LogP contribution in [0, 0.1) is 12.3 Å². The van der Waals surface area contributed by atoms with Gasteiger partial charge in [0.15, 0.2) is 5.82 Å². The second-order valence-electron chi connectivity index (χ2n) is 3.97. The molecule has 7 heteroatoms. The van der Waals surface area contributed by atoms with Crippen molar-refractivity contribution in [2.24, 2.45) is 11.1 Å². The molecule has 1 aromatic heterocycles. The van der Waals surface area contributed by atoms with E-state index in [1.54, 1.807) is 13.8 Å². The molecule has 1 unspecified atom stereocenters. The van der Waals surface area contributed by atoms with Crippen molar-refractivity contribution in [3.63, 3.8) is 0 Å². The highest BCUT2D eigenvalue weighted by molar-refractivity contribution is 7.80. The van der Waals surface area contributed by atoms with Gasteiger partial charge in [-0.3, -0.25) is 4.79 Å². The predicted molar refractivity (Wildman–Crippen MR) is 66.1 cm³/mol. The standard InChI is InChI=1S/C10H16N4O2S/c1-4-10(3,8(11)17)9(15)12-5-7-13-6(2)14-16-7/h4-5H2,1-3H3,(H2,11,17)(H,12,15). The first-order valence-corrected chi connectivity index (χ1v) is 5.68. The number of carbonyl (C=O) groups excluding carboxylic acids is 1. The van der Waals surface area contributed by atoms with Gasteiger partial charge in [-0.25, -0.2) is 0 Å². The van der Waals surface area contributed by atoms with Crippen molar-refractivity contribution < 1.29 is 9.32 Å². The van der Waals surface area contributed by atoms with Crippen molar-refractivity contribution >= 4 is 23.1 Å². The van der Waals surface area contributed by atoms with E-state index in [4.69, 9.17) is 22.5 Å². The average molecular weight is 256 g/mol. The van der Waals surface area contributed by atoms with Crippen molar-refractivity contribution in [1.29, 1.82) is 0 Å². The zero-order valence-electron chi connectivity index (χ0n) is 10.1. The summed E-state index contributed by atoms with van der Waals surface area (Å²) < 4.78 is 4.88. The number of amides is 1. The molecule has 1 heterocycles. The number of rotatable bonds is 5. The van der Waals surface area contributed by atoms with Gasteiger partial charge in [-0.15, -0.1) is 0 Å². The molecule has 0 aliphatic heterocycles. The third-order valence-electron chi connectivity index (χ3n) is 2.72. The van der Waals surface area contributed by atoms with Crippen molar-refractivity contribution in [3.8, 4) is 0 Å². The molecule has 0 saturated carbocycles. The maximum Gasteiger partial charge on any atom is 0.246 e. The fourth-order valence-corrected chi connectivity index (χ4v) is 1.45.